The number of carbonyl (C=O) groups is 2. The van der Waals surface area contributed by atoms with E-state index in [4.69, 9.17) is 11.6 Å². The van der Waals surface area contributed by atoms with Crippen LogP contribution in [0.1, 0.15) is 22.0 Å². The zero-order valence-electron chi connectivity index (χ0n) is 15.5. The number of nitrogens with zero attached hydrogens (tertiary/aromatic N) is 2. The first-order valence-electron chi connectivity index (χ1n) is 8.99. The molecule has 3 unspecified atom stereocenters. The minimum absolute atomic E-state index is 0.0415. The van der Waals surface area contributed by atoms with Crippen LogP contribution >= 0.6 is 11.6 Å². The molecule has 3 aromatic rings. The minimum atomic E-state index is -5.37. The van der Waals surface area contributed by atoms with Crippen molar-refractivity contribution in [3.05, 3.63) is 71.1 Å². The highest BCUT2D eigenvalue weighted by atomic mass is 35.5. The number of amides is 2. The van der Waals surface area contributed by atoms with Gasteiger partial charge >= 0.3 is 12.2 Å². The van der Waals surface area contributed by atoms with Crippen LogP contribution in [0.25, 0.3) is 10.9 Å². The van der Waals surface area contributed by atoms with Gasteiger partial charge in [0.05, 0.1) is 11.6 Å². The summed E-state index contributed by atoms with van der Waals surface area (Å²) in [5.74, 6) is -3.30. The molecule has 3 heterocycles. The van der Waals surface area contributed by atoms with E-state index in [1.54, 1.807) is 24.3 Å². The Hall–Kier alpha value is -3.24. The highest BCUT2D eigenvalue weighted by Gasteiger charge is 2.66. The number of aromatic nitrogens is 2. The van der Waals surface area contributed by atoms with Gasteiger partial charge in [0, 0.05) is 28.9 Å². The van der Waals surface area contributed by atoms with Crippen LogP contribution < -0.4 is 10.6 Å². The number of Topliss-reactive ketones (excluding diaryl/α,β-unsaturated/α-hetero) is 1. The van der Waals surface area contributed by atoms with E-state index < -0.39 is 35.7 Å². The third-order valence-corrected chi connectivity index (χ3v) is 5.38. The molecule has 0 saturated carbocycles. The van der Waals surface area contributed by atoms with Gasteiger partial charge < -0.3 is 15.7 Å². The number of carbonyl (C=O) groups excluding carboxylic acids is 2. The second kappa shape index (κ2) is 7.47. The monoisotopic (exact) mass is 450 g/mol. The number of hydrogen-bond donors (Lipinski definition) is 3. The Labute approximate surface area is 178 Å². The predicted octanol–water partition coefficient (Wildman–Crippen LogP) is 3.39. The lowest BCUT2D eigenvalue weighted by Crippen LogP contribution is -2.72. The van der Waals surface area contributed by atoms with Gasteiger partial charge in [-0.05, 0) is 24.3 Å². The van der Waals surface area contributed by atoms with E-state index in [-0.39, 0.29) is 16.3 Å². The maximum Gasteiger partial charge on any atom is 0.437 e. The van der Waals surface area contributed by atoms with Crippen molar-refractivity contribution in [3.63, 3.8) is 0 Å². The molecule has 2 amide bonds. The van der Waals surface area contributed by atoms with Crippen molar-refractivity contribution in [2.75, 3.05) is 0 Å². The molecule has 1 aliphatic heterocycles. The minimum Gasteiger partial charge on any atom is -0.363 e. The van der Waals surface area contributed by atoms with Gasteiger partial charge in [-0.25, -0.2) is 9.78 Å². The van der Waals surface area contributed by atoms with Gasteiger partial charge in [0.25, 0.3) is 0 Å². The molecule has 160 valence electrons. The highest BCUT2D eigenvalue weighted by molar-refractivity contribution is 6.30. The molecule has 0 spiro atoms. The summed E-state index contributed by atoms with van der Waals surface area (Å²) in [5.41, 5.74) is -3.61. The lowest BCUT2D eigenvalue weighted by molar-refractivity contribution is -0.287. The Kier molecular flexibility index (Phi) is 5.06. The number of rotatable bonds is 3. The largest absolute Gasteiger partial charge is 0.437 e. The van der Waals surface area contributed by atoms with Crippen LogP contribution in [0.3, 0.4) is 0 Å². The average molecular weight is 451 g/mol. The van der Waals surface area contributed by atoms with Crippen molar-refractivity contribution in [2.45, 2.75) is 17.9 Å². The van der Waals surface area contributed by atoms with Crippen molar-refractivity contribution >= 4 is 34.3 Å². The molecule has 0 aliphatic carbocycles. The van der Waals surface area contributed by atoms with E-state index in [0.29, 0.717) is 10.9 Å². The number of hydrogen-bond acceptors (Lipinski definition) is 5. The summed E-state index contributed by atoms with van der Waals surface area (Å²) in [4.78, 5) is 33.2. The van der Waals surface area contributed by atoms with E-state index in [2.05, 4.69) is 15.3 Å². The zero-order valence-corrected chi connectivity index (χ0v) is 16.3. The fourth-order valence-corrected chi connectivity index (χ4v) is 3.88. The Morgan fingerprint density at radius 2 is 1.94 bits per heavy atom. The summed E-state index contributed by atoms with van der Waals surface area (Å²) in [5, 5.41) is 14.7. The third kappa shape index (κ3) is 3.57. The summed E-state index contributed by atoms with van der Waals surface area (Å²) >= 11 is 6.24. The zero-order chi connectivity index (χ0) is 22.4. The number of urea groups is 1. The lowest BCUT2D eigenvalue weighted by Gasteiger charge is -2.45. The Morgan fingerprint density at radius 1 is 1.19 bits per heavy atom. The first kappa shape index (κ1) is 21.0. The van der Waals surface area contributed by atoms with Crippen LogP contribution in [0.15, 0.2) is 54.9 Å². The molecule has 7 nitrogen and oxygen atoms in total. The molecule has 3 N–H and O–H groups in total. The molecule has 0 radical (unpaired) electrons. The molecule has 1 fully saturated rings. The number of pyridine rings is 2. The van der Waals surface area contributed by atoms with Gasteiger partial charge in [0.2, 0.25) is 5.72 Å². The Bertz CT molecular complexity index is 1180. The summed E-state index contributed by atoms with van der Waals surface area (Å²) in [6.07, 6.45) is -2.95. The van der Waals surface area contributed by atoms with Crippen molar-refractivity contribution in [1.82, 2.24) is 20.6 Å². The van der Waals surface area contributed by atoms with Crippen LogP contribution in [0.5, 0.6) is 0 Å². The molecular weight excluding hydrogens is 437 g/mol. The number of benzene rings is 1. The molecule has 1 aliphatic rings. The molecule has 31 heavy (non-hydrogen) atoms. The summed E-state index contributed by atoms with van der Waals surface area (Å²) < 4.78 is 41.9. The van der Waals surface area contributed by atoms with Crippen LogP contribution in [-0.2, 0) is 0 Å². The van der Waals surface area contributed by atoms with Crippen LogP contribution in [0.4, 0.5) is 18.0 Å². The number of ketones is 1. The number of fused-ring (bicyclic) bond motifs is 1. The Balaban J connectivity index is 1.93. The molecule has 0 bridgehead atoms. The van der Waals surface area contributed by atoms with Crippen LogP contribution in [-0.4, -0.2) is 38.8 Å². The van der Waals surface area contributed by atoms with E-state index in [9.17, 15) is 27.9 Å². The maximum absolute atomic E-state index is 14.0. The normalized spacial score (nSPS) is 23.8. The smallest absolute Gasteiger partial charge is 0.363 e. The second-order valence-corrected chi connectivity index (χ2v) is 7.34. The predicted molar refractivity (Wildman–Crippen MR) is 104 cm³/mol. The summed E-state index contributed by atoms with van der Waals surface area (Å²) in [6, 6.07) is 7.81. The van der Waals surface area contributed by atoms with Gasteiger partial charge in [0.15, 0.2) is 5.78 Å². The van der Waals surface area contributed by atoms with Gasteiger partial charge in [-0.2, -0.15) is 13.2 Å². The number of alkyl halides is 3. The third-order valence-electron chi connectivity index (χ3n) is 5.07. The summed E-state index contributed by atoms with van der Waals surface area (Å²) in [6.45, 7) is 0. The molecule has 4 rings (SSSR count). The van der Waals surface area contributed by atoms with Gasteiger partial charge in [-0.3, -0.25) is 9.78 Å². The number of nitrogens with one attached hydrogen (secondary N) is 2. The molecular formula is C20H14ClF3N4O3. The second-order valence-electron chi connectivity index (χ2n) is 6.99. The van der Waals surface area contributed by atoms with Crippen molar-refractivity contribution in [3.8, 4) is 0 Å². The van der Waals surface area contributed by atoms with Crippen LogP contribution in [0, 0.1) is 5.92 Å². The average Bonchev–Trinajstić information content (AvgIpc) is 2.72. The van der Waals surface area contributed by atoms with E-state index >= 15 is 0 Å². The van der Waals surface area contributed by atoms with Gasteiger partial charge in [-0.1, -0.05) is 29.8 Å². The van der Waals surface area contributed by atoms with Crippen molar-refractivity contribution < 1.29 is 27.9 Å². The number of aliphatic hydroxyl groups is 1. The van der Waals surface area contributed by atoms with Gasteiger partial charge in [-0.15, -0.1) is 0 Å². The molecule has 3 atom stereocenters. The number of para-hydroxylation sites is 1. The topological polar surface area (TPSA) is 104 Å². The Morgan fingerprint density at radius 3 is 2.61 bits per heavy atom. The molecule has 1 saturated heterocycles. The molecule has 1 aromatic carbocycles. The van der Waals surface area contributed by atoms with E-state index in [0.717, 1.165) is 6.20 Å². The van der Waals surface area contributed by atoms with Crippen molar-refractivity contribution in [2.24, 2.45) is 5.92 Å². The summed E-state index contributed by atoms with van der Waals surface area (Å²) in [7, 11) is 0. The van der Waals surface area contributed by atoms with Gasteiger partial charge in [0.1, 0.15) is 11.1 Å². The highest BCUT2D eigenvalue weighted by Crippen LogP contribution is 2.45. The lowest BCUT2D eigenvalue weighted by atomic mass is 9.77. The standard InChI is InChI=1S/C20H14ClF3N4O3/c21-17-12(8-10-4-1-2-6-13(10)26-17)15-14(16(29)11-5-3-7-25-9-11)19(31,20(22,23)24)28-18(30)27-15/h1-9,14-15,31H,(H2,27,28,30). The first-order chi connectivity index (χ1) is 14.6. The SMILES string of the molecule is O=C1NC(c2cc3ccccc3nc2Cl)C(C(=O)c2cccnc2)C(O)(C(F)(F)F)N1. The molecule has 2 aromatic heterocycles. The maximum atomic E-state index is 14.0. The fraction of sp³-hybridized carbons (Fsp3) is 0.200. The van der Waals surface area contributed by atoms with E-state index in [1.807, 2.05) is 0 Å². The van der Waals surface area contributed by atoms with Crippen molar-refractivity contribution in [1.29, 1.82) is 0 Å². The number of halogens is 4. The first-order valence-corrected chi connectivity index (χ1v) is 9.37. The quantitative estimate of drug-likeness (QED) is 0.419. The van der Waals surface area contributed by atoms with Crippen LogP contribution in [0.2, 0.25) is 5.15 Å². The molecule has 11 heteroatoms. The fourth-order valence-electron chi connectivity index (χ4n) is 3.61. The van der Waals surface area contributed by atoms with E-state index in [1.165, 1.54) is 29.7 Å².